The molecule has 0 aromatic heterocycles. The molecular formula is C8H16N2. The van der Waals surface area contributed by atoms with Crippen molar-refractivity contribution in [3.63, 3.8) is 0 Å². The molecule has 0 saturated carbocycles. The van der Waals surface area contributed by atoms with Gasteiger partial charge in [-0.05, 0) is 18.8 Å². The van der Waals surface area contributed by atoms with E-state index >= 15 is 0 Å². The van der Waals surface area contributed by atoms with Crippen molar-refractivity contribution in [1.82, 2.24) is 0 Å². The topological polar surface area (TPSA) is 24.7 Å². The molecule has 2 unspecified atom stereocenters. The molecular weight excluding hydrogens is 124 g/mol. The number of nitrogens with zero attached hydrogens (tertiary/aromatic N) is 2. The molecule has 1 aliphatic heterocycles. The predicted octanol–water partition coefficient (Wildman–Crippen LogP) is 2.65. The minimum atomic E-state index is 0.300. The van der Waals surface area contributed by atoms with Crippen molar-refractivity contribution in [2.45, 2.75) is 46.2 Å². The lowest BCUT2D eigenvalue weighted by atomic mass is 9.85. The molecule has 0 saturated heterocycles. The zero-order valence-corrected chi connectivity index (χ0v) is 7.26. The van der Waals surface area contributed by atoms with Crippen LogP contribution in [0.2, 0.25) is 0 Å². The molecule has 58 valence electrons. The van der Waals surface area contributed by atoms with Crippen LogP contribution < -0.4 is 0 Å². The Morgan fingerprint density at radius 1 is 1.20 bits per heavy atom. The molecule has 0 bridgehead atoms. The lowest BCUT2D eigenvalue weighted by Crippen LogP contribution is -2.23. The van der Waals surface area contributed by atoms with Crippen molar-refractivity contribution in [1.29, 1.82) is 0 Å². The van der Waals surface area contributed by atoms with E-state index in [0.29, 0.717) is 17.5 Å². The van der Waals surface area contributed by atoms with E-state index in [1.54, 1.807) is 0 Å². The van der Waals surface area contributed by atoms with E-state index in [1.165, 1.54) is 0 Å². The van der Waals surface area contributed by atoms with E-state index in [-0.39, 0.29) is 0 Å². The molecule has 2 nitrogen and oxygen atoms in total. The average molecular weight is 140 g/mol. The van der Waals surface area contributed by atoms with Crippen molar-refractivity contribution in [3.8, 4) is 0 Å². The third-order valence-electron chi connectivity index (χ3n) is 1.97. The smallest absolute Gasteiger partial charge is 0.0777 e. The fraction of sp³-hybridized carbons (Fsp3) is 1.00. The minimum Gasteiger partial charge on any atom is -0.191 e. The normalized spacial score (nSPS) is 33.2. The molecule has 0 fully saturated rings. The van der Waals surface area contributed by atoms with Crippen LogP contribution in [0.4, 0.5) is 0 Å². The molecule has 2 atom stereocenters. The second kappa shape index (κ2) is 2.33. The molecule has 0 radical (unpaired) electrons. The van der Waals surface area contributed by atoms with Crippen LogP contribution in [0.3, 0.4) is 0 Å². The van der Waals surface area contributed by atoms with Crippen LogP contribution in [0.25, 0.3) is 0 Å². The molecule has 10 heavy (non-hydrogen) atoms. The summed E-state index contributed by atoms with van der Waals surface area (Å²) in [6.07, 6.45) is 1.13. The van der Waals surface area contributed by atoms with Gasteiger partial charge >= 0.3 is 0 Å². The number of azo groups is 1. The molecule has 1 rings (SSSR count). The van der Waals surface area contributed by atoms with Crippen molar-refractivity contribution >= 4 is 0 Å². The quantitative estimate of drug-likeness (QED) is 0.494. The summed E-state index contributed by atoms with van der Waals surface area (Å²) < 4.78 is 0. The van der Waals surface area contributed by atoms with Crippen molar-refractivity contribution in [3.05, 3.63) is 0 Å². The lowest BCUT2D eigenvalue weighted by molar-refractivity contribution is 0.318. The Morgan fingerprint density at radius 3 is 2.00 bits per heavy atom. The molecule has 1 heterocycles. The Labute approximate surface area is 62.7 Å². The van der Waals surface area contributed by atoms with Gasteiger partial charge in [-0.1, -0.05) is 20.8 Å². The highest BCUT2D eigenvalue weighted by Gasteiger charge is 2.29. The van der Waals surface area contributed by atoms with E-state index in [1.807, 2.05) is 0 Å². The highest BCUT2D eigenvalue weighted by Crippen LogP contribution is 2.30. The van der Waals surface area contributed by atoms with Crippen LogP contribution >= 0.6 is 0 Å². The van der Waals surface area contributed by atoms with E-state index < -0.39 is 0 Å². The third kappa shape index (κ3) is 1.55. The molecule has 0 spiro atoms. The maximum Gasteiger partial charge on any atom is 0.0777 e. The fourth-order valence-corrected chi connectivity index (χ4v) is 1.14. The van der Waals surface area contributed by atoms with Crippen molar-refractivity contribution < 1.29 is 0 Å². The third-order valence-corrected chi connectivity index (χ3v) is 1.97. The number of hydrogen-bond acceptors (Lipinski definition) is 2. The summed E-state index contributed by atoms with van der Waals surface area (Å²) in [4.78, 5) is 0. The van der Waals surface area contributed by atoms with Gasteiger partial charge in [0.1, 0.15) is 0 Å². The first kappa shape index (κ1) is 7.70. The highest BCUT2D eigenvalue weighted by molar-refractivity contribution is 4.86. The zero-order valence-electron chi connectivity index (χ0n) is 7.26. The predicted molar refractivity (Wildman–Crippen MR) is 42.2 cm³/mol. The van der Waals surface area contributed by atoms with Crippen LogP contribution in [0, 0.1) is 5.41 Å². The van der Waals surface area contributed by atoms with Gasteiger partial charge in [-0.25, -0.2) is 0 Å². The highest BCUT2D eigenvalue weighted by atomic mass is 15.2. The van der Waals surface area contributed by atoms with Crippen molar-refractivity contribution in [2.24, 2.45) is 15.6 Å². The molecule has 0 N–H and O–H groups in total. The van der Waals surface area contributed by atoms with E-state index in [2.05, 4.69) is 37.9 Å². The molecule has 0 amide bonds. The Bertz CT molecular complexity index is 144. The van der Waals surface area contributed by atoms with Gasteiger partial charge in [0, 0.05) is 0 Å². The van der Waals surface area contributed by atoms with Crippen LogP contribution in [0.1, 0.15) is 34.1 Å². The lowest BCUT2D eigenvalue weighted by Gasteiger charge is -2.22. The first-order valence-corrected chi connectivity index (χ1v) is 3.90. The van der Waals surface area contributed by atoms with E-state index in [0.717, 1.165) is 6.42 Å². The summed E-state index contributed by atoms with van der Waals surface area (Å²) in [5.41, 5.74) is 0.300. The zero-order chi connectivity index (χ0) is 7.78. The fourth-order valence-electron chi connectivity index (χ4n) is 1.14. The van der Waals surface area contributed by atoms with Crippen LogP contribution in [0.15, 0.2) is 10.2 Å². The summed E-state index contributed by atoms with van der Waals surface area (Å²) in [6, 6.07) is 0.895. The molecule has 0 aromatic rings. The molecule has 0 aromatic carbocycles. The Hall–Kier alpha value is -0.400. The van der Waals surface area contributed by atoms with Crippen LogP contribution in [-0.2, 0) is 0 Å². The monoisotopic (exact) mass is 140 g/mol. The summed E-state index contributed by atoms with van der Waals surface area (Å²) >= 11 is 0. The van der Waals surface area contributed by atoms with E-state index in [4.69, 9.17) is 0 Å². The number of hydrogen-bond donors (Lipinski definition) is 0. The first-order valence-electron chi connectivity index (χ1n) is 3.90. The first-order chi connectivity index (χ1) is 4.50. The van der Waals surface area contributed by atoms with Gasteiger partial charge in [0.15, 0.2) is 0 Å². The standard InChI is InChI=1S/C8H16N2/c1-6-5-7(10-9-6)8(2,3)4/h6-7H,5H2,1-4H3. The Balaban J connectivity index is 2.55. The van der Waals surface area contributed by atoms with Gasteiger partial charge in [0.05, 0.1) is 12.1 Å². The van der Waals surface area contributed by atoms with Gasteiger partial charge in [0.25, 0.3) is 0 Å². The van der Waals surface area contributed by atoms with Crippen LogP contribution in [0.5, 0.6) is 0 Å². The Kier molecular flexibility index (Phi) is 1.80. The van der Waals surface area contributed by atoms with Crippen molar-refractivity contribution in [2.75, 3.05) is 0 Å². The number of rotatable bonds is 0. The van der Waals surface area contributed by atoms with Gasteiger partial charge < -0.3 is 0 Å². The van der Waals surface area contributed by atoms with Gasteiger partial charge in [-0.15, -0.1) is 0 Å². The maximum atomic E-state index is 4.21. The Morgan fingerprint density at radius 2 is 1.80 bits per heavy atom. The largest absolute Gasteiger partial charge is 0.191 e. The molecule has 2 heteroatoms. The molecule has 1 aliphatic rings. The SMILES string of the molecule is CC1CC(C(C)(C)C)N=N1. The van der Waals surface area contributed by atoms with E-state index in [9.17, 15) is 0 Å². The van der Waals surface area contributed by atoms with Gasteiger partial charge in [-0.2, -0.15) is 10.2 Å². The molecule has 0 aliphatic carbocycles. The summed E-state index contributed by atoms with van der Waals surface area (Å²) in [7, 11) is 0. The average Bonchev–Trinajstić information content (AvgIpc) is 2.11. The van der Waals surface area contributed by atoms with Gasteiger partial charge in [-0.3, -0.25) is 0 Å². The van der Waals surface area contributed by atoms with Gasteiger partial charge in [0.2, 0.25) is 0 Å². The summed E-state index contributed by atoms with van der Waals surface area (Å²) in [5, 5.41) is 8.32. The second-order valence-electron chi connectivity index (χ2n) is 4.20. The summed E-state index contributed by atoms with van der Waals surface area (Å²) in [5.74, 6) is 0. The van der Waals surface area contributed by atoms with Crippen LogP contribution in [-0.4, -0.2) is 12.1 Å². The second-order valence-corrected chi connectivity index (χ2v) is 4.20. The minimum absolute atomic E-state index is 0.300. The summed E-state index contributed by atoms with van der Waals surface area (Å²) in [6.45, 7) is 8.77. The maximum absolute atomic E-state index is 4.21.